The predicted octanol–water partition coefficient (Wildman–Crippen LogP) is 2.74. The smallest absolute Gasteiger partial charge is 0.0471 e. The Kier molecular flexibility index (Phi) is 3.93. The van der Waals surface area contributed by atoms with Gasteiger partial charge < -0.3 is 10.9 Å². The van der Waals surface area contributed by atoms with Crippen LogP contribution >= 0.6 is 0 Å². The number of benzene rings is 1. The molecule has 1 saturated heterocycles. The average molecular weight is 179 g/mol. The summed E-state index contributed by atoms with van der Waals surface area (Å²) in [6.07, 6.45) is 2.37. The molecule has 0 aromatic heterocycles. The van der Waals surface area contributed by atoms with Gasteiger partial charge in [0.25, 0.3) is 0 Å². The van der Waals surface area contributed by atoms with Crippen molar-refractivity contribution in [3.63, 3.8) is 0 Å². The first-order valence-electron chi connectivity index (χ1n) is 4.59. The quantitative estimate of drug-likeness (QED) is 0.720. The third kappa shape index (κ3) is 2.54. The van der Waals surface area contributed by atoms with Gasteiger partial charge in [-0.2, -0.15) is 0 Å². The maximum atomic E-state index is 5.32. The Hall–Kier alpha value is -0.860. The normalized spacial score (nSPS) is 17.8. The minimum atomic E-state index is 0. The molecule has 0 amide bonds. The van der Waals surface area contributed by atoms with Crippen LogP contribution in [0.15, 0.2) is 30.3 Å². The maximum absolute atomic E-state index is 5.32. The summed E-state index contributed by atoms with van der Waals surface area (Å²) in [5, 5.41) is 0. The van der Waals surface area contributed by atoms with Crippen molar-refractivity contribution in [1.29, 1.82) is 0 Å². The van der Waals surface area contributed by atoms with Gasteiger partial charge in [0.1, 0.15) is 0 Å². The molecule has 1 aliphatic rings. The van der Waals surface area contributed by atoms with E-state index in [1.165, 1.54) is 18.4 Å². The summed E-state index contributed by atoms with van der Waals surface area (Å²) in [4.78, 5) is 0. The van der Waals surface area contributed by atoms with E-state index in [2.05, 4.69) is 30.3 Å². The predicted molar refractivity (Wildman–Crippen MR) is 54.3 cm³/mol. The molecule has 0 saturated carbocycles. The molecular formula is C11H17NO. The summed E-state index contributed by atoms with van der Waals surface area (Å²) >= 11 is 0. The van der Waals surface area contributed by atoms with Crippen molar-refractivity contribution in [1.82, 2.24) is 6.15 Å². The van der Waals surface area contributed by atoms with E-state index in [1.54, 1.807) is 0 Å². The Morgan fingerprint density at radius 2 is 1.62 bits per heavy atom. The molecule has 0 spiro atoms. The molecule has 1 aromatic rings. The zero-order valence-corrected chi connectivity index (χ0v) is 7.91. The second kappa shape index (κ2) is 5.00. The van der Waals surface area contributed by atoms with Crippen molar-refractivity contribution in [2.75, 3.05) is 13.2 Å². The maximum Gasteiger partial charge on any atom is 0.0471 e. The second-order valence-electron chi connectivity index (χ2n) is 3.30. The van der Waals surface area contributed by atoms with Crippen LogP contribution in [-0.2, 0) is 4.74 Å². The molecule has 0 bridgehead atoms. The van der Waals surface area contributed by atoms with E-state index in [9.17, 15) is 0 Å². The molecule has 1 heterocycles. The molecule has 2 heteroatoms. The Morgan fingerprint density at radius 1 is 1.00 bits per heavy atom. The fourth-order valence-corrected chi connectivity index (χ4v) is 1.76. The summed E-state index contributed by atoms with van der Waals surface area (Å²) in [6, 6.07) is 10.7. The molecule has 2 nitrogen and oxygen atoms in total. The van der Waals surface area contributed by atoms with Crippen LogP contribution in [0.25, 0.3) is 0 Å². The van der Waals surface area contributed by atoms with Gasteiger partial charge in [-0.3, -0.25) is 0 Å². The first-order valence-corrected chi connectivity index (χ1v) is 4.59. The monoisotopic (exact) mass is 179 g/mol. The number of hydrogen-bond acceptors (Lipinski definition) is 2. The van der Waals surface area contributed by atoms with Crippen molar-refractivity contribution in [2.45, 2.75) is 18.8 Å². The van der Waals surface area contributed by atoms with Gasteiger partial charge >= 0.3 is 0 Å². The third-order valence-corrected chi connectivity index (χ3v) is 2.49. The molecule has 1 fully saturated rings. The van der Waals surface area contributed by atoms with Crippen LogP contribution < -0.4 is 6.15 Å². The molecule has 1 aromatic carbocycles. The van der Waals surface area contributed by atoms with E-state index in [1.807, 2.05) is 0 Å². The van der Waals surface area contributed by atoms with E-state index in [0.717, 1.165) is 19.1 Å². The molecule has 0 atom stereocenters. The van der Waals surface area contributed by atoms with Crippen LogP contribution in [0, 0.1) is 0 Å². The third-order valence-electron chi connectivity index (χ3n) is 2.49. The molecule has 0 radical (unpaired) electrons. The van der Waals surface area contributed by atoms with Crippen LogP contribution in [-0.4, -0.2) is 13.2 Å². The summed E-state index contributed by atoms with van der Waals surface area (Å²) in [6.45, 7) is 1.86. The van der Waals surface area contributed by atoms with Gasteiger partial charge in [-0.15, -0.1) is 0 Å². The largest absolute Gasteiger partial charge is 0.381 e. The lowest BCUT2D eigenvalue weighted by Crippen LogP contribution is -2.13. The van der Waals surface area contributed by atoms with E-state index in [0.29, 0.717) is 0 Å². The first-order chi connectivity index (χ1) is 5.97. The SMILES string of the molecule is N.c1ccc(C2CCOCC2)cc1. The topological polar surface area (TPSA) is 44.2 Å². The zero-order chi connectivity index (χ0) is 8.23. The fraction of sp³-hybridized carbons (Fsp3) is 0.455. The van der Waals surface area contributed by atoms with Gasteiger partial charge in [0, 0.05) is 13.2 Å². The van der Waals surface area contributed by atoms with Crippen molar-refractivity contribution < 1.29 is 4.74 Å². The fourth-order valence-electron chi connectivity index (χ4n) is 1.76. The van der Waals surface area contributed by atoms with Gasteiger partial charge in [-0.05, 0) is 24.3 Å². The minimum absolute atomic E-state index is 0. The molecule has 3 N–H and O–H groups in total. The van der Waals surface area contributed by atoms with Crippen LogP contribution in [0.1, 0.15) is 24.3 Å². The Morgan fingerprint density at radius 3 is 2.23 bits per heavy atom. The van der Waals surface area contributed by atoms with Crippen LogP contribution in [0.2, 0.25) is 0 Å². The highest BCUT2D eigenvalue weighted by molar-refractivity contribution is 5.19. The minimum Gasteiger partial charge on any atom is -0.381 e. The van der Waals surface area contributed by atoms with Crippen LogP contribution in [0.4, 0.5) is 0 Å². The van der Waals surface area contributed by atoms with E-state index < -0.39 is 0 Å². The Balaban J connectivity index is 0.000000845. The summed E-state index contributed by atoms with van der Waals surface area (Å²) < 4.78 is 5.32. The summed E-state index contributed by atoms with van der Waals surface area (Å²) in [5.74, 6) is 0.736. The van der Waals surface area contributed by atoms with Crippen LogP contribution in [0.5, 0.6) is 0 Å². The molecule has 1 aliphatic heterocycles. The highest BCUT2D eigenvalue weighted by Gasteiger charge is 2.14. The molecule has 72 valence electrons. The Bertz CT molecular complexity index is 229. The molecule has 0 unspecified atom stereocenters. The highest BCUT2D eigenvalue weighted by atomic mass is 16.5. The lowest BCUT2D eigenvalue weighted by atomic mass is 9.92. The van der Waals surface area contributed by atoms with Gasteiger partial charge in [-0.1, -0.05) is 30.3 Å². The van der Waals surface area contributed by atoms with Crippen molar-refractivity contribution in [3.8, 4) is 0 Å². The first kappa shape index (κ1) is 10.2. The van der Waals surface area contributed by atoms with Crippen molar-refractivity contribution in [2.24, 2.45) is 0 Å². The number of ether oxygens (including phenoxy) is 1. The summed E-state index contributed by atoms with van der Waals surface area (Å²) in [7, 11) is 0. The van der Waals surface area contributed by atoms with Gasteiger partial charge in [0.2, 0.25) is 0 Å². The molecule has 0 aliphatic carbocycles. The standard InChI is InChI=1S/C11H14O.H3N/c1-2-4-10(5-3-1)11-6-8-12-9-7-11;/h1-5,11H,6-9H2;1H3. The summed E-state index contributed by atoms with van der Waals surface area (Å²) in [5.41, 5.74) is 1.47. The second-order valence-corrected chi connectivity index (χ2v) is 3.30. The molecular weight excluding hydrogens is 162 g/mol. The lowest BCUT2D eigenvalue weighted by Gasteiger charge is -2.22. The number of rotatable bonds is 1. The lowest BCUT2D eigenvalue weighted by molar-refractivity contribution is 0.0853. The van der Waals surface area contributed by atoms with E-state index in [-0.39, 0.29) is 6.15 Å². The molecule has 2 rings (SSSR count). The van der Waals surface area contributed by atoms with Gasteiger partial charge in [-0.25, -0.2) is 0 Å². The number of hydrogen-bond donors (Lipinski definition) is 1. The van der Waals surface area contributed by atoms with Gasteiger partial charge in [0.05, 0.1) is 0 Å². The average Bonchev–Trinajstić information content (AvgIpc) is 2.21. The van der Waals surface area contributed by atoms with E-state index in [4.69, 9.17) is 4.74 Å². The van der Waals surface area contributed by atoms with E-state index >= 15 is 0 Å². The van der Waals surface area contributed by atoms with Crippen LogP contribution in [0.3, 0.4) is 0 Å². The van der Waals surface area contributed by atoms with Crippen molar-refractivity contribution in [3.05, 3.63) is 35.9 Å². The zero-order valence-electron chi connectivity index (χ0n) is 7.91. The van der Waals surface area contributed by atoms with Gasteiger partial charge in [0.15, 0.2) is 0 Å². The van der Waals surface area contributed by atoms with Crippen molar-refractivity contribution >= 4 is 0 Å². The molecule has 13 heavy (non-hydrogen) atoms. The Labute approximate surface area is 79.5 Å². The highest BCUT2D eigenvalue weighted by Crippen LogP contribution is 2.25.